The lowest BCUT2D eigenvalue weighted by Gasteiger charge is -2.32. The number of carbonyl (C=O) groups is 1. The number of fused-ring (bicyclic) bond motifs is 1. The van der Waals surface area contributed by atoms with Crippen molar-refractivity contribution in [3.8, 4) is 0 Å². The van der Waals surface area contributed by atoms with Gasteiger partial charge in [-0.1, -0.05) is 48.0 Å². The Hall–Kier alpha value is -3.05. The van der Waals surface area contributed by atoms with Gasteiger partial charge in [0.2, 0.25) is 0 Å². The highest BCUT2D eigenvalue weighted by molar-refractivity contribution is 5.95. The van der Waals surface area contributed by atoms with Crippen molar-refractivity contribution < 1.29 is 9.21 Å². The van der Waals surface area contributed by atoms with Crippen molar-refractivity contribution in [2.75, 3.05) is 18.0 Å². The van der Waals surface area contributed by atoms with Crippen molar-refractivity contribution in [3.63, 3.8) is 0 Å². The summed E-state index contributed by atoms with van der Waals surface area (Å²) in [5.41, 5.74) is 5.93. The molecule has 172 valence electrons. The predicted octanol–water partition coefficient (Wildman–Crippen LogP) is 4.93. The number of amides is 1. The summed E-state index contributed by atoms with van der Waals surface area (Å²) in [7, 11) is 0. The van der Waals surface area contributed by atoms with E-state index in [0.29, 0.717) is 18.2 Å². The van der Waals surface area contributed by atoms with Crippen molar-refractivity contribution in [2.24, 2.45) is 0 Å². The Morgan fingerprint density at radius 2 is 1.88 bits per heavy atom. The first-order valence-electron chi connectivity index (χ1n) is 12.1. The molecular weight excluding hydrogens is 410 g/mol. The summed E-state index contributed by atoms with van der Waals surface area (Å²) in [5, 5.41) is 3.27. The summed E-state index contributed by atoms with van der Waals surface area (Å²) < 4.78 is 5.78. The van der Waals surface area contributed by atoms with E-state index < -0.39 is 0 Å². The molecule has 3 aromatic rings. The molecule has 1 atom stereocenters. The highest BCUT2D eigenvalue weighted by Crippen LogP contribution is 2.33. The molecule has 2 aliphatic rings. The maximum atomic E-state index is 13.1. The molecule has 2 aliphatic heterocycles. The van der Waals surface area contributed by atoms with Gasteiger partial charge < -0.3 is 14.6 Å². The van der Waals surface area contributed by atoms with Crippen molar-refractivity contribution in [2.45, 2.75) is 58.3 Å². The fourth-order valence-electron chi connectivity index (χ4n) is 5.26. The second-order valence-corrected chi connectivity index (χ2v) is 9.58. The van der Waals surface area contributed by atoms with Crippen LogP contribution in [0.25, 0.3) is 0 Å². The van der Waals surface area contributed by atoms with Crippen LogP contribution in [0.4, 0.5) is 5.69 Å². The molecule has 33 heavy (non-hydrogen) atoms. The zero-order chi connectivity index (χ0) is 22.8. The van der Waals surface area contributed by atoms with Crippen LogP contribution in [0.2, 0.25) is 0 Å². The Kier molecular flexibility index (Phi) is 6.23. The van der Waals surface area contributed by atoms with E-state index in [1.165, 1.54) is 22.4 Å². The molecule has 1 aromatic heterocycles. The van der Waals surface area contributed by atoms with Gasteiger partial charge in [-0.3, -0.25) is 9.69 Å². The molecule has 1 fully saturated rings. The smallest absolute Gasteiger partial charge is 0.255 e. The number of aryl methyl sites for hydroxylation is 1. The van der Waals surface area contributed by atoms with Crippen LogP contribution in [0.15, 0.2) is 65.3 Å². The van der Waals surface area contributed by atoms with Crippen molar-refractivity contribution >= 4 is 11.6 Å². The van der Waals surface area contributed by atoms with E-state index in [-0.39, 0.29) is 11.9 Å². The second kappa shape index (κ2) is 9.44. The summed E-state index contributed by atoms with van der Waals surface area (Å²) in [5.74, 6) is 0.726. The predicted molar refractivity (Wildman–Crippen MR) is 131 cm³/mol. The number of carbonyl (C=O) groups excluding carboxylic acids is 1. The quantitative estimate of drug-likeness (QED) is 0.587. The third kappa shape index (κ3) is 4.83. The molecule has 5 heteroatoms. The molecule has 1 unspecified atom stereocenters. The number of piperidine rings is 1. The molecule has 0 aliphatic carbocycles. The van der Waals surface area contributed by atoms with Gasteiger partial charge >= 0.3 is 0 Å². The number of benzene rings is 2. The van der Waals surface area contributed by atoms with Crippen molar-refractivity contribution in [1.82, 2.24) is 10.2 Å². The molecule has 0 radical (unpaired) electrons. The maximum absolute atomic E-state index is 13.1. The van der Waals surface area contributed by atoms with E-state index in [1.807, 2.05) is 6.07 Å². The molecule has 0 saturated carbocycles. The van der Waals surface area contributed by atoms with E-state index >= 15 is 0 Å². The van der Waals surface area contributed by atoms with Crippen LogP contribution in [0, 0.1) is 6.92 Å². The number of nitrogens with zero attached hydrogens (tertiary/aromatic N) is 2. The molecule has 1 saturated heterocycles. The number of rotatable bonds is 6. The van der Waals surface area contributed by atoms with Gasteiger partial charge in [0.05, 0.1) is 18.4 Å². The minimum atomic E-state index is -0.0176. The first-order valence-corrected chi connectivity index (χ1v) is 12.1. The van der Waals surface area contributed by atoms with Crippen molar-refractivity contribution in [1.29, 1.82) is 0 Å². The lowest BCUT2D eigenvalue weighted by molar-refractivity contribution is 0.0907. The molecule has 5 nitrogen and oxygen atoms in total. The minimum absolute atomic E-state index is 0.0176. The van der Waals surface area contributed by atoms with Crippen LogP contribution in [-0.2, 0) is 19.5 Å². The third-order valence-corrected chi connectivity index (χ3v) is 7.06. The number of furan rings is 1. The first kappa shape index (κ1) is 21.8. The number of hydrogen-bond donors (Lipinski definition) is 1. The molecule has 0 spiro atoms. The largest absolute Gasteiger partial charge is 0.467 e. The summed E-state index contributed by atoms with van der Waals surface area (Å²) in [6.07, 6.45) is 4.61. The Balaban J connectivity index is 1.17. The Bertz CT molecular complexity index is 1110. The maximum Gasteiger partial charge on any atom is 0.255 e. The number of hydrogen-bond acceptors (Lipinski definition) is 4. The van der Waals surface area contributed by atoms with E-state index in [1.54, 1.807) is 6.26 Å². The highest BCUT2D eigenvalue weighted by Gasteiger charge is 2.29. The molecule has 0 bridgehead atoms. The summed E-state index contributed by atoms with van der Waals surface area (Å²) in [4.78, 5) is 17.9. The van der Waals surface area contributed by atoms with Crippen LogP contribution in [0.3, 0.4) is 0 Å². The zero-order valence-corrected chi connectivity index (χ0v) is 19.6. The lowest BCUT2D eigenvalue weighted by Crippen LogP contribution is -2.44. The van der Waals surface area contributed by atoms with Gasteiger partial charge in [-0.2, -0.15) is 0 Å². The minimum Gasteiger partial charge on any atom is -0.467 e. The average Bonchev–Trinajstić information content (AvgIpc) is 3.40. The summed E-state index contributed by atoms with van der Waals surface area (Å²) in [6.45, 7) is 7.96. The fourth-order valence-corrected chi connectivity index (χ4v) is 5.26. The second-order valence-electron chi connectivity index (χ2n) is 9.58. The van der Waals surface area contributed by atoms with Crippen LogP contribution in [-0.4, -0.2) is 36.0 Å². The van der Waals surface area contributed by atoms with Crippen molar-refractivity contribution in [3.05, 3.63) is 88.9 Å². The molecule has 3 heterocycles. The summed E-state index contributed by atoms with van der Waals surface area (Å²) in [6, 6.07) is 19.6. The van der Waals surface area contributed by atoms with Crippen LogP contribution in [0.1, 0.15) is 52.6 Å². The van der Waals surface area contributed by atoms with Gasteiger partial charge in [-0.25, -0.2) is 0 Å². The topological polar surface area (TPSA) is 48.7 Å². The van der Waals surface area contributed by atoms with Gasteiger partial charge in [0.15, 0.2) is 0 Å². The number of anilines is 1. The number of para-hydroxylation sites is 1. The Morgan fingerprint density at radius 1 is 1.06 bits per heavy atom. The van der Waals surface area contributed by atoms with E-state index in [4.69, 9.17) is 4.42 Å². The Labute approximate surface area is 196 Å². The Morgan fingerprint density at radius 3 is 2.70 bits per heavy atom. The van der Waals surface area contributed by atoms with E-state index in [2.05, 4.69) is 77.5 Å². The lowest BCUT2D eigenvalue weighted by atomic mass is 10.0. The molecule has 1 N–H and O–H groups in total. The molecule has 2 aromatic carbocycles. The van der Waals surface area contributed by atoms with Crippen LogP contribution in [0.5, 0.6) is 0 Å². The average molecular weight is 444 g/mol. The molecule has 5 rings (SSSR count). The number of nitrogens with one attached hydrogen (secondary N) is 1. The van der Waals surface area contributed by atoms with Gasteiger partial charge in [0.1, 0.15) is 5.76 Å². The third-order valence-electron chi connectivity index (χ3n) is 7.06. The first-order chi connectivity index (χ1) is 16.1. The summed E-state index contributed by atoms with van der Waals surface area (Å²) >= 11 is 0. The SMILES string of the molecule is Cc1cccc(CN2CCC(NC(=O)c3ccoc3CN3c4ccccc4CC3C)CC2)c1. The fraction of sp³-hybridized carbons (Fsp3) is 0.393. The monoisotopic (exact) mass is 443 g/mol. The zero-order valence-electron chi connectivity index (χ0n) is 19.6. The highest BCUT2D eigenvalue weighted by atomic mass is 16.3. The van der Waals surface area contributed by atoms with Crippen LogP contribution >= 0.6 is 0 Å². The van der Waals surface area contributed by atoms with Gasteiger partial charge in [-0.15, -0.1) is 0 Å². The van der Waals surface area contributed by atoms with E-state index in [9.17, 15) is 4.79 Å². The van der Waals surface area contributed by atoms with Gasteiger partial charge in [0.25, 0.3) is 5.91 Å². The van der Waals surface area contributed by atoms with Gasteiger partial charge in [-0.05, 0) is 56.4 Å². The van der Waals surface area contributed by atoms with Crippen LogP contribution < -0.4 is 10.2 Å². The standard InChI is InChI=1S/C28H33N3O2/c1-20-6-5-7-22(16-20)18-30-13-10-24(11-14-30)29-28(32)25-12-15-33-27(25)19-31-21(2)17-23-8-3-4-9-26(23)31/h3-9,12,15-16,21,24H,10-11,13-14,17-19H2,1-2H3,(H,29,32). The van der Waals surface area contributed by atoms with E-state index in [0.717, 1.165) is 44.7 Å². The molecular formula is C28H33N3O2. The number of likely N-dealkylation sites (tertiary alicyclic amines) is 1. The molecule has 1 amide bonds. The normalized spacial score (nSPS) is 19.0. The van der Waals surface area contributed by atoms with Gasteiger partial charge in [0, 0.05) is 37.4 Å².